The van der Waals surface area contributed by atoms with Crippen molar-refractivity contribution in [2.45, 2.75) is 56.9 Å². The van der Waals surface area contributed by atoms with Crippen LogP contribution in [0.1, 0.15) is 61.9 Å². The highest BCUT2D eigenvalue weighted by atomic mass is 16.2. The van der Waals surface area contributed by atoms with Crippen molar-refractivity contribution in [2.75, 3.05) is 18.0 Å². The van der Waals surface area contributed by atoms with Gasteiger partial charge in [0.1, 0.15) is 11.5 Å². The van der Waals surface area contributed by atoms with Gasteiger partial charge in [0.2, 0.25) is 0 Å². The second kappa shape index (κ2) is 5.47. The van der Waals surface area contributed by atoms with Gasteiger partial charge in [-0.1, -0.05) is 6.07 Å². The predicted molar refractivity (Wildman–Crippen MR) is 94.1 cm³/mol. The molecule has 1 amide bonds. The molecule has 4 saturated carbocycles. The number of hydrogen-bond acceptors (Lipinski definition) is 3. The molecule has 1 aliphatic heterocycles. The van der Waals surface area contributed by atoms with Crippen molar-refractivity contribution in [1.29, 1.82) is 0 Å². The number of amides is 1. The first-order valence-corrected chi connectivity index (χ1v) is 9.74. The number of anilines is 1. The summed E-state index contributed by atoms with van der Waals surface area (Å²) in [5.41, 5.74) is 0.659. The van der Waals surface area contributed by atoms with Gasteiger partial charge in [0.25, 0.3) is 5.91 Å². The molecule has 1 saturated heterocycles. The molecule has 1 aromatic rings. The zero-order valence-corrected chi connectivity index (χ0v) is 14.3. The monoisotopic (exact) mass is 325 g/mol. The molecule has 4 bridgehead atoms. The highest BCUT2D eigenvalue weighted by Crippen LogP contribution is 2.55. The van der Waals surface area contributed by atoms with Crippen LogP contribution in [0.3, 0.4) is 0 Å². The topological polar surface area (TPSA) is 45.2 Å². The molecule has 4 nitrogen and oxygen atoms in total. The molecule has 0 unspecified atom stereocenters. The molecule has 2 heterocycles. The SMILES string of the molecule is O=C(NC12CC3CC(CC(C3)C1)C2)c1cccc(N2CCCC2)n1. The van der Waals surface area contributed by atoms with E-state index in [2.05, 4.69) is 15.2 Å². The Hall–Kier alpha value is -1.58. The van der Waals surface area contributed by atoms with E-state index in [1.165, 1.54) is 51.4 Å². The molecule has 0 aromatic carbocycles. The van der Waals surface area contributed by atoms with E-state index in [1.54, 1.807) is 0 Å². The summed E-state index contributed by atoms with van der Waals surface area (Å²) < 4.78 is 0. The number of carbonyl (C=O) groups is 1. The molecule has 24 heavy (non-hydrogen) atoms. The van der Waals surface area contributed by atoms with Gasteiger partial charge in [-0.25, -0.2) is 4.98 Å². The van der Waals surface area contributed by atoms with Crippen LogP contribution in [0.4, 0.5) is 5.82 Å². The number of carbonyl (C=O) groups excluding carboxylic acids is 1. The van der Waals surface area contributed by atoms with Gasteiger partial charge in [0, 0.05) is 18.6 Å². The highest BCUT2D eigenvalue weighted by Gasteiger charge is 2.51. The lowest BCUT2D eigenvalue weighted by atomic mass is 9.53. The van der Waals surface area contributed by atoms with Crippen molar-refractivity contribution in [1.82, 2.24) is 10.3 Å². The van der Waals surface area contributed by atoms with E-state index in [0.717, 1.165) is 36.7 Å². The van der Waals surface area contributed by atoms with Crippen LogP contribution in [-0.4, -0.2) is 29.5 Å². The Morgan fingerprint density at radius 2 is 1.67 bits per heavy atom. The lowest BCUT2D eigenvalue weighted by Gasteiger charge is -2.56. The van der Waals surface area contributed by atoms with E-state index >= 15 is 0 Å². The molecule has 5 fully saturated rings. The Labute approximate surface area is 144 Å². The molecule has 4 heteroatoms. The van der Waals surface area contributed by atoms with Gasteiger partial charge in [-0.05, 0) is 81.3 Å². The summed E-state index contributed by atoms with van der Waals surface area (Å²) in [7, 11) is 0. The van der Waals surface area contributed by atoms with Gasteiger partial charge >= 0.3 is 0 Å². The van der Waals surface area contributed by atoms with Crippen LogP contribution < -0.4 is 10.2 Å². The molecular formula is C20H27N3O. The lowest BCUT2D eigenvalue weighted by Crippen LogP contribution is -2.59. The lowest BCUT2D eigenvalue weighted by molar-refractivity contribution is -0.0167. The largest absolute Gasteiger partial charge is 0.357 e. The molecule has 1 N–H and O–H groups in total. The Morgan fingerprint density at radius 1 is 1.04 bits per heavy atom. The van der Waals surface area contributed by atoms with Crippen LogP contribution in [0.15, 0.2) is 18.2 Å². The second-order valence-electron chi connectivity index (χ2n) is 8.73. The van der Waals surface area contributed by atoms with Crippen LogP contribution >= 0.6 is 0 Å². The minimum absolute atomic E-state index is 0.0398. The Morgan fingerprint density at radius 3 is 2.29 bits per heavy atom. The van der Waals surface area contributed by atoms with Gasteiger partial charge in [-0.2, -0.15) is 0 Å². The normalized spacial score (nSPS) is 37.0. The van der Waals surface area contributed by atoms with E-state index in [1.807, 2.05) is 18.2 Å². The summed E-state index contributed by atoms with van der Waals surface area (Å²) in [6, 6.07) is 5.89. The fourth-order valence-electron chi connectivity index (χ4n) is 6.24. The summed E-state index contributed by atoms with van der Waals surface area (Å²) in [6.07, 6.45) is 10.2. The maximum atomic E-state index is 12.9. The molecule has 1 aromatic heterocycles. The quantitative estimate of drug-likeness (QED) is 0.926. The van der Waals surface area contributed by atoms with Crippen LogP contribution in [0.2, 0.25) is 0 Å². The Balaban J connectivity index is 1.34. The van der Waals surface area contributed by atoms with Crippen molar-refractivity contribution >= 4 is 11.7 Å². The Bertz CT molecular complexity index is 615. The molecule has 4 aliphatic carbocycles. The average Bonchev–Trinajstić information content (AvgIpc) is 3.07. The summed E-state index contributed by atoms with van der Waals surface area (Å²) in [5, 5.41) is 3.44. The molecular weight excluding hydrogens is 298 g/mol. The third kappa shape index (κ3) is 2.51. The third-order valence-electron chi connectivity index (χ3n) is 6.81. The standard InChI is InChI=1S/C20H27N3O/c24-19(17-4-3-5-18(21-17)23-6-1-2-7-23)22-20-11-14-8-15(12-20)10-16(9-14)13-20/h3-5,14-16H,1-2,6-13H2,(H,22,24). The first-order chi connectivity index (χ1) is 11.7. The fraction of sp³-hybridized carbons (Fsp3) is 0.700. The van der Waals surface area contributed by atoms with Crippen LogP contribution in [0, 0.1) is 17.8 Å². The molecule has 0 radical (unpaired) electrons. The summed E-state index contributed by atoms with van der Waals surface area (Å²) >= 11 is 0. The summed E-state index contributed by atoms with van der Waals surface area (Å²) in [5.74, 6) is 3.55. The predicted octanol–water partition coefficient (Wildman–Crippen LogP) is 3.38. The van der Waals surface area contributed by atoms with E-state index in [-0.39, 0.29) is 11.4 Å². The zero-order chi connectivity index (χ0) is 16.1. The van der Waals surface area contributed by atoms with Gasteiger partial charge in [-0.15, -0.1) is 0 Å². The van der Waals surface area contributed by atoms with Crippen LogP contribution in [0.5, 0.6) is 0 Å². The number of pyridine rings is 1. The molecule has 0 atom stereocenters. The first kappa shape index (κ1) is 14.7. The Kier molecular flexibility index (Phi) is 3.36. The van der Waals surface area contributed by atoms with E-state index in [9.17, 15) is 4.79 Å². The van der Waals surface area contributed by atoms with Gasteiger partial charge in [0.15, 0.2) is 0 Å². The maximum absolute atomic E-state index is 12.9. The smallest absolute Gasteiger partial charge is 0.270 e. The van der Waals surface area contributed by atoms with E-state index < -0.39 is 0 Å². The fourth-order valence-corrected chi connectivity index (χ4v) is 6.24. The zero-order valence-electron chi connectivity index (χ0n) is 14.3. The second-order valence-corrected chi connectivity index (χ2v) is 8.73. The van der Waals surface area contributed by atoms with Crippen molar-refractivity contribution in [3.05, 3.63) is 23.9 Å². The van der Waals surface area contributed by atoms with Crippen LogP contribution in [0.25, 0.3) is 0 Å². The average molecular weight is 325 g/mol. The molecule has 5 aliphatic rings. The molecule has 6 rings (SSSR count). The molecule has 0 spiro atoms. The van der Waals surface area contributed by atoms with Crippen molar-refractivity contribution in [2.24, 2.45) is 17.8 Å². The number of nitrogens with one attached hydrogen (secondary N) is 1. The molecule has 128 valence electrons. The third-order valence-corrected chi connectivity index (χ3v) is 6.81. The summed E-state index contributed by atoms with van der Waals surface area (Å²) in [6.45, 7) is 2.13. The summed E-state index contributed by atoms with van der Waals surface area (Å²) in [4.78, 5) is 19.9. The van der Waals surface area contributed by atoms with Gasteiger partial charge in [0.05, 0.1) is 0 Å². The number of nitrogens with zero attached hydrogens (tertiary/aromatic N) is 2. The van der Waals surface area contributed by atoms with Crippen molar-refractivity contribution in [3.63, 3.8) is 0 Å². The van der Waals surface area contributed by atoms with Gasteiger partial charge < -0.3 is 10.2 Å². The number of aromatic nitrogens is 1. The van der Waals surface area contributed by atoms with Crippen molar-refractivity contribution < 1.29 is 4.79 Å². The highest BCUT2D eigenvalue weighted by molar-refractivity contribution is 5.93. The van der Waals surface area contributed by atoms with Gasteiger partial charge in [-0.3, -0.25) is 4.79 Å². The minimum Gasteiger partial charge on any atom is -0.357 e. The maximum Gasteiger partial charge on any atom is 0.270 e. The van der Waals surface area contributed by atoms with Crippen LogP contribution in [-0.2, 0) is 0 Å². The first-order valence-electron chi connectivity index (χ1n) is 9.74. The minimum atomic E-state index is 0.0398. The van der Waals surface area contributed by atoms with Crippen molar-refractivity contribution in [3.8, 4) is 0 Å². The van der Waals surface area contributed by atoms with E-state index in [0.29, 0.717) is 5.69 Å². The number of rotatable bonds is 3. The number of hydrogen-bond donors (Lipinski definition) is 1. The van der Waals surface area contributed by atoms with E-state index in [4.69, 9.17) is 0 Å².